The second-order valence-electron chi connectivity index (χ2n) is 5.22. The van der Waals surface area contributed by atoms with E-state index < -0.39 is 11.9 Å². The Hall–Kier alpha value is -1.70. The molecule has 0 aliphatic rings. The SMILES string of the molecule is CN=C(NCCNc1nccc(C(F)(F)F)n1)NCCc1csc(C)n1.I. The monoisotopic (exact) mass is 515 g/mol. The number of hydrogen-bond acceptors (Lipinski definition) is 6. The van der Waals surface area contributed by atoms with Crippen LogP contribution in [0, 0.1) is 6.92 Å². The van der Waals surface area contributed by atoms with Gasteiger partial charge in [0.2, 0.25) is 5.95 Å². The lowest BCUT2D eigenvalue weighted by atomic mass is 10.3. The fourth-order valence-corrected chi connectivity index (χ4v) is 2.66. The highest BCUT2D eigenvalue weighted by Gasteiger charge is 2.32. The van der Waals surface area contributed by atoms with Crippen LogP contribution in [0.15, 0.2) is 22.6 Å². The summed E-state index contributed by atoms with van der Waals surface area (Å²) < 4.78 is 37.8. The Balaban J connectivity index is 0.00000364. The van der Waals surface area contributed by atoms with Gasteiger partial charge in [-0.3, -0.25) is 4.99 Å². The number of nitrogens with zero attached hydrogens (tertiary/aromatic N) is 4. The number of aryl methyl sites for hydroxylation is 1. The minimum atomic E-state index is -4.49. The Labute approximate surface area is 176 Å². The average Bonchev–Trinajstić information content (AvgIpc) is 3.02. The summed E-state index contributed by atoms with van der Waals surface area (Å²) in [6.07, 6.45) is -2.63. The summed E-state index contributed by atoms with van der Waals surface area (Å²) in [7, 11) is 1.64. The lowest BCUT2D eigenvalue weighted by Crippen LogP contribution is -2.40. The van der Waals surface area contributed by atoms with Crippen LogP contribution in [-0.2, 0) is 12.6 Å². The third kappa shape index (κ3) is 8.24. The van der Waals surface area contributed by atoms with Gasteiger partial charge in [-0.15, -0.1) is 35.3 Å². The van der Waals surface area contributed by atoms with Gasteiger partial charge in [-0.25, -0.2) is 15.0 Å². The molecule has 0 radical (unpaired) electrons. The number of thiazole rings is 1. The molecule has 0 atom stereocenters. The topological polar surface area (TPSA) is 87.1 Å². The lowest BCUT2D eigenvalue weighted by Gasteiger charge is -2.12. The van der Waals surface area contributed by atoms with E-state index in [0.29, 0.717) is 25.6 Å². The first-order valence-corrected chi connectivity index (χ1v) is 8.76. The summed E-state index contributed by atoms with van der Waals surface area (Å²) in [5, 5.41) is 12.0. The van der Waals surface area contributed by atoms with Gasteiger partial charge in [-0.05, 0) is 13.0 Å². The molecule has 0 saturated heterocycles. The molecule has 150 valence electrons. The second kappa shape index (κ2) is 11.2. The number of aliphatic imine (C=N–C) groups is 1. The van der Waals surface area contributed by atoms with Crippen molar-refractivity contribution in [3.63, 3.8) is 0 Å². The van der Waals surface area contributed by atoms with Crippen molar-refractivity contribution in [2.45, 2.75) is 19.5 Å². The Morgan fingerprint density at radius 3 is 2.56 bits per heavy atom. The number of halogens is 4. The molecule has 0 aromatic carbocycles. The molecular weight excluding hydrogens is 494 g/mol. The van der Waals surface area contributed by atoms with Gasteiger partial charge in [0.05, 0.1) is 10.7 Å². The fourth-order valence-electron chi connectivity index (χ4n) is 2.01. The van der Waals surface area contributed by atoms with E-state index in [1.54, 1.807) is 18.4 Å². The Kier molecular flexibility index (Phi) is 9.69. The molecule has 0 aliphatic carbocycles. The van der Waals surface area contributed by atoms with Crippen LogP contribution in [0.1, 0.15) is 16.4 Å². The normalized spacial score (nSPS) is 11.7. The van der Waals surface area contributed by atoms with Gasteiger partial charge in [0, 0.05) is 44.7 Å². The Morgan fingerprint density at radius 2 is 1.93 bits per heavy atom. The zero-order valence-electron chi connectivity index (χ0n) is 14.8. The molecule has 0 fully saturated rings. The minimum Gasteiger partial charge on any atom is -0.356 e. The summed E-state index contributed by atoms with van der Waals surface area (Å²) in [6.45, 7) is 3.42. The van der Waals surface area contributed by atoms with Crippen molar-refractivity contribution in [1.82, 2.24) is 25.6 Å². The second-order valence-corrected chi connectivity index (χ2v) is 6.29. The summed E-state index contributed by atoms with van der Waals surface area (Å²) in [6, 6.07) is 0.832. The highest BCUT2D eigenvalue weighted by molar-refractivity contribution is 14.0. The zero-order valence-corrected chi connectivity index (χ0v) is 17.9. The molecule has 0 bridgehead atoms. The van der Waals surface area contributed by atoms with Crippen molar-refractivity contribution in [3.05, 3.63) is 34.0 Å². The summed E-state index contributed by atoms with van der Waals surface area (Å²) in [5.41, 5.74) is 0.0523. The van der Waals surface area contributed by atoms with Crippen molar-refractivity contribution in [2.24, 2.45) is 4.99 Å². The van der Waals surface area contributed by atoms with Crippen LogP contribution in [0.5, 0.6) is 0 Å². The molecule has 2 rings (SSSR count). The third-order valence-corrected chi connectivity index (χ3v) is 4.03. The molecule has 0 aliphatic heterocycles. The Morgan fingerprint density at radius 1 is 1.19 bits per heavy atom. The van der Waals surface area contributed by atoms with Crippen LogP contribution < -0.4 is 16.0 Å². The molecule has 2 heterocycles. The molecule has 0 spiro atoms. The molecule has 2 aromatic heterocycles. The van der Waals surface area contributed by atoms with Gasteiger partial charge in [0.25, 0.3) is 0 Å². The number of anilines is 1. The first-order chi connectivity index (χ1) is 12.4. The van der Waals surface area contributed by atoms with E-state index in [-0.39, 0.29) is 29.9 Å². The quantitative estimate of drug-likeness (QED) is 0.228. The van der Waals surface area contributed by atoms with Crippen molar-refractivity contribution >= 4 is 47.2 Å². The van der Waals surface area contributed by atoms with E-state index in [0.717, 1.165) is 29.4 Å². The number of alkyl halides is 3. The van der Waals surface area contributed by atoms with E-state index in [1.807, 2.05) is 12.3 Å². The van der Waals surface area contributed by atoms with E-state index in [1.165, 1.54) is 0 Å². The van der Waals surface area contributed by atoms with Crippen LogP contribution in [-0.4, -0.2) is 47.6 Å². The molecule has 3 N–H and O–H groups in total. The van der Waals surface area contributed by atoms with E-state index >= 15 is 0 Å². The predicted octanol–water partition coefficient (Wildman–Crippen LogP) is 2.70. The maximum Gasteiger partial charge on any atom is 0.433 e. The number of nitrogens with one attached hydrogen (secondary N) is 3. The first-order valence-electron chi connectivity index (χ1n) is 7.88. The first kappa shape index (κ1) is 23.3. The lowest BCUT2D eigenvalue weighted by molar-refractivity contribution is -0.141. The van der Waals surface area contributed by atoms with Gasteiger partial charge < -0.3 is 16.0 Å². The van der Waals surface area contributed by atoms with Gasteiger partial charge >= 0.3 is 6.18 Å². The zero-order chi connectivity index (χ0) is 19.0. The number of hydrogen-bond donors (Lipinski definition) is 3. The molecule has 2 aromatic rings. The predicted molar refractivity (Wildman–Crippen MR) is 111 cm³/mol. The number of aromatic nitrogens is 3. The van der Waals surface area contributed by atoms with Crippen LogP contribution >= 0.6 is 35.3 Å². The maximum absolute atomic E-state index is 12.6. The van der Waals surface area contributed by atoms with Crippen molar-refractivity contribution < 1.29 is 13.2 Å². The van der Waals surface area contributed by atoms with Crippen LogP contribution in [0.25, 0.3) is 0 Å². The van der Waals surface area contributed by atoms with Gasteiger partial charge in [-0.1, -0.05) is 0 Å². The number of rotatable bonds is 7. The van der Waals surface area contributed by atoms with Crippen molar-refractivity contribution in [2.75, 3.05) is 32.0 Å². The molecule has 27 heavy (non-hydrogen) atoms. The molecule has 0 unspecified atom stereocenters. The summed E-state index contributed by atoms with van der Waals surface area (Å²) >= 11 is 1.61. The average molecular weight is 515 g/mol. The Bertz CT molecular complexity index is 736. The molecule has 12 heteroatoms. The van der Waals surface area contributed by atoms with Crippen LogP contribution in [0.2, 0.25) is 0 Å². The molecular formula is C15H21F3IN7S. The van der Waals surface area contributed by atoms with Crippen molar-refractivity contribution in [3.8, 4) is 0 Å². The summed E-state index contributed by atoms with van der Waals surface area (Å²) in [5.74, 6) is 0.534. The maximum atomic E-state index is 12.6. The van der Waals surface area contributed by atoms with E-state index in [2.05, 4.69) is 35.9 Å². The van der Waals surface area contributed by atoms with Crippen LogP contribution in [0.4, 0.5) is 19.1 Å². The van der Waals surface area contributed by atoms with Crippen LogP contribution in [0.3, 0.4) is 0 Å². The van der Waals surface area contributed by atoms with Gasteiger partial charge in [-0.2, -0.15) is 13.2 Å². The highest BCUT2D eigenvalue weighted by Crippen LogP contribution is 2.27. The van der Waals surface area contributed by atoms with Crippen molar-refractivity contribution in [1.29, 1.82) is 0 Å². The largest absolute Gasteiger partial charge is 0.433 e. The molecule has 0 saturated carbocycles. The van der Waals surface area contributed by atoms with Gasteiger partial charge in [0.1, 0.15) is 5.69 Å². The minimum absolute atomic E-state index is 0. The standard InChI is InChI=1S/C15H20F3N7S.HI/c1-10-24-11(9-26-10)3-5-20-13(19-2)22-7-8-23-14-21-6-4-12(25-14)15(16,17)18;/h4,6,9H,3,5,7-8H2,1-2H3,(H2,19,20,22)(H,21,23,25);1H. The highest BCUT2D eigenvalue weighted by atomic mass is 127. The third-order valence-electron chi connectivity index (χ3n) is 3.21. The molecule has 0 amide bonds. The summed E-state index contributed by atoms with van der Waals surface area (Å²) in [4.78, 5) is 15.7. The van der Waals surface area contributed by atoms with E-state index in [9.17, 15) is 13.2 Å². The fraction of sp³-hybridized carbons (Fsp3) is 0.467. The smallest absolute Gasteiger partial charge is 0.356 e. The molecule has 7 nitrogen and oxygen atoms in total. The number of guanidine groups is 1. The van der Waals surface area contributed by atoms with E-state index in [4.69, 9.17) is 0 Å². The van der Waals surface area contributed by atoms with Gasteiger partial charge in [0.15, 0.2) is 5.96 Å².